The van der Waals surface area contributed by atoms with Crippen molar-refractivity contribution in [3.8, 4) is 0 Å². The molecular formula is C23H42N2O2. The van der Waals surface area contributed by atoms with Crippen molar-refractivity contribution in [3.63, 3.8) is 0 Å². The lowest BCUT2D eigenvalue weighted by Crippen LogP contribution is -2.50. The van der Waals surface area contributed by atoms with E-state index in [4.69, 9.17) is 0 Å². The molecule has 1 N–H and O–H groups in total. The summed E-state index contributed by atoms with van der Waals surface area (Å²) in [5, 5.41) is 11.0. The quantitative estimate of drug-likeness (QED) is 0.753. The number of nitrogens with zero attached hydrogens (tertiary/aromatic N) is 2. The van der Waals surface area contributed by atoms with E-state index >= 15 is 0 Å². The normalized spacial score (nSPS) is 25.9. The van der Waals surface area contributed by atoms with Crippen LogP contribution in [-0.4, -0.2) is 59.6 Å². The van der Waals surface area contributed by atoms with Gasteiger partial charge in [0.25, 0.3) is 0 Å². The van der Waals surface area contributed by atoms with Crippen LogP contribution in [0.3, 0.4) is 0 Å². The molecule has 0 atom stereocenters. The van der Waals surface area contributed by atoms with Crippen molar-refractivity contribution in [1.29, 1.82) is 0 Å². The van der Waals surface area contributed by atoms with Gasteiger partial charge in [-0.15, -0.1) is 0 Å². The third kappa shape index (κ3) is 5.69. The van der Waals surface area contributed by atoms with Crippen LogP contribution in [0.2, 0.25) is 0 Å². The van der Waals surface area contributed by atoms with Crippen molar-refractivity contribution in [1.82, 2.24) is 9.80 Å². The molecule has 3 rings (SSSR count). The second kappa shape index (κ2) is 9.26. The molecule has 0 aromatic carbocycles. The molecule has 0 aromatic heterocycles. The zero-order chi connectivity index (χ0) is 19.3. The Morgan fingerprint density at radius 2 is 1.67 bits per heavy atom. The van der Waals surface area contributed by atoms with Gasteiger partial charge < -0.3 is 14.9 Å². The maximum Gasteiger partial charge on any atom is 0.222 e. The molecule has 3 fully saturated rings. The average molecular weight is 379 g/mol. The molecule has 1 aliphatic heterocycles. The Kier molecular flexibility index (Phi) is 7.24. The number of likely N-dealkylation sites (N-methyl/N-ethyl adjacent to an activating group) is 1. The summed E-state index contributed by atoms with van der Waals surface area (Å²) < 4.78 is 0. The molecule has 0 bridgehead atoms. The van der Waals surface area contributed by atoms with Gasteiger partial charge in [-0.3, -0.25) is 4.79 Å². The molecule has 0 unspecified atom stereocenters. The van der Waals surface area contributed by atoms with E-state index in [1.807, 2.05) is 0 Å². The van der Waals surface area contributed by atoms with Gasteiger partial charge in [-0.05, 0) is 82.7 Å². The van der Waals surface area contributed by atoms with E-state index in [1.54, 1.807) is 0 Å². The number of piperidine rings is 1. The minimum Gasteiger partial charge on any atom is -0.389 e. The van der Waals surface area contributed by atoms with E-state index in [-0.39, 0.29) is 0 Å². The van der Waals surface area contributed by atoms with Crippen LogP contribution < -0.4 is 0 Å². The minimum absolute atomic E-state index is 0.386. The number of carbonyl (C=O) groups is 1. The maximum absolute atomic E-state index is 12.7. The first-order valence-corrected chi connectivity index (χ1v) is 11.6. The minimum atomic E-state index is -0.497. The van der Waals surface area contributed by atoms with Crippen LogP contribution in [0.5, 0.6) is 0 Å². The lowest BCUT2D eigenvalue weighted by molar-refractivity contribution is -0.136. The Morgan fingerprint density at radius 3 is 2.26 bits per heavy atom. The largest absolute Gasteiger partial charge is 0.389 e. The van der Waals surface area contributed by atoms with Gasteiger partial charge in [0.1, 0.15) is 0 Å². The highest BCUT2D eigenvalue weighted by Gasteiger charge is 2.44. The molecule has 27 heavy (non-hydrogen) atoms. The number of aliphatic hydroxyl groups is 1. The highest BCUT2D eigenvalue weighted by Crippen LogP contribution is 2.47. The summed E-state index contributed by atoms with van der Waals surface area (Å²) in [5.41, 5.74) is -0.111. The van der Waals surface area contributed by atoms with Gasteiger partial charge in [0.15, 0.2) is 0 Å². The standard InChI is InChI=1S/C23H42N2O2/c1-3-15-24(2)19-23(27)11-9-22(10-12-23)13-16-25(17-14-22)21(26)18-20-7-5-4-6-8-20/h20,27H,3-19H2,1-2H3. The van der Waals surface area contributed by atoms with Crippen molar-refractivity contribution in [2.24, 2.45) is 11.3 Å². The summed E-state index contributed by atoms with van der Waals surface area (Å²) in [5.74, 6) is 1.05. The first kappa shape index (κ1) is 21.1. The molecule has 1 spiro atoms. The van der Waals surface area contributed by atoms with Gasteiger partial charge in [-0.1, -0.05) is 26.2 Å². The second-order valence-corrected chi connectivity index (χ2v) is 10.1. The van der Waals surface area contributed by atoms with Crippen molar-refractivity contribution in [2.45, 2.75) is 96.0 Å². The molecule has 3 aliphatic rings. The number of likely N-dealkylation sites (tertiary alicyclic amines) is 1. The van der Waals surface area contributed by atoms with Gasteiger partial charge in [-0.2, -0.15) is 0 Å². The lowest BCUT2D eigenvalue weighted by Gasteiger charge is -2.49. The second-order valence-electron chi connectivity index (χ2n) is 10.1. The fourth-order valence-electron chi connectivity index (χ4n) is 5.86. The van der Waals surface area contributed by atoms with Gasteiger partial charge in [0, 0.05) is 26.1 Å². The van der Waals surface area contributed by atoms with Crippen LogP contribution in [0.25, 0.3) is 0 Å². The Morgan fingerprint density at radius 1 is 1.04 bits per heavy atom. The number of hydrogen-bond donors (Lipinski definition) is 1. The fraction of sp³-hybridized carbons (Fsp3) is 0.957. The number of carbonyl (C=O) groups excluding carboxylic acids is 1. The van der Waals surface area contributed by atoms with Crippen LogP contribution in [0.1, 0.15) is 90.4 Å². The Labute approximate surface area is 166 Å². The molecule has 0 radical (unpaired) electrons. The van der Waals surface area contributed by atoms with Crippen LogP contribution in [0.15, 0.2) is 0 Å². The third-order valence-electron chi connectivity index (χ3n) is 7.78. The van der Waals surface area contributed by atoms with Gasteiger partial charge >= 0.3 is 0 Å². The lowest BCUT2D eigenvalue weighted by atomic mass is 9.64. The summed E-state index contributed by atoms with van der Waals surface area (Å²) in [7, 11) is 2.13. The van der Waals surface area contributed by atoms with E-state index in [9.17, 15) is 9.90 Å². The van der Waals surface area contributed by atoms with E-state index in [0.29, 0.717) is 17.2 Å². The SMILES string of the molecule is CCCN(C)CC1(O)CCC2(CCN(C(=O)CC3CCCCC3)CC2)CC1. The molecule has 4 nitrogen and oxygen atoms in total. The first-order valence-electron chi connectivity index (χ1n) is 11.6. The smallest absolute Gasteiger partial charge is 0.222 e. The molecule has 1 amide bonds. The highest BCUT2D eigenvalue weighted by molar-refractivity contribution is 5.76. The fourth-order valence-corrected chi connectivity index (χ4v) is 5.86. The molecule has 1 heterocycles. The van der Waals surface area contributed by atoms with Crippen molar-refractivity contribution < 1.29 is 9.90 Å². The molecule has 2 aliphatic carbocycles. The van der Waals surface area contributed by atoms with Crippen LogP contribution in [0, 0.1) is 11.3 Å². The Bertz CT molecular complexity index is 469. The Balaban J connectivity index is 1.43. The van der Waals surface area contributed by atoms with Crippen molar-refractivity contribution >= 4 is 5.91 Å². The predicted molar refractivity (Wildman–Crippen MR) is 111 cm³/mol. The van der Waals surface area contributed by atoms with E-state index in [1.165, 1.54) is 32.1 Å². The van der Waals surface area contributed by atoms with E-state index in [2.05, 4.69) is 23.8 Å². The summed E-state index contributed by atoms with van der Waals surface area (Å²) in [4.78, 5) is 17.1. The average Bonchev–Trinajstić information content (AvgIpc) is 2.66. The van der Waals surface area contributed by atoms with Crippen LogP contribution >= 0.6 is 0 Å². The van der Waals surface area contributed by atoms with Gasteiger partial charge in [0.2, 0.25) is 5.91 Å². The monoisotopic (exact) mass is 378 g/mol. The first-order chi connectivity index (χ1) is 12.9. The number of hydrogen-bond acceptors (Lipinski definition) is 3. The van der Waals surface area contributed by atoms with E-state index in [0.717, 1.165) is 77.5 Å². The Hall–Kier alpha value is -0.610. The van der Waals surface area contributed by atoms with Crippen molar-refractivity contribution in [3.05, 3.63) is 0 Å². The summed E-state index contributed by atoms with van der Waals surface area (Å²) in [6.45, 7) is 5.95. The van der Waals surface area contributed by atoms with Gasteiger partial charge in [0.05, 0.1) is 5.60 Å². The summed E-state index contributed by atoms with van der Waals surface area (Å²) >= 11 is 0. The zero-order valence-electron chi connectivity index (χ0n) is 17.8. The number of rotatable bonds is 6. The van der Waals surface area contributed by atoms with E-state index < -0.39 is 5.60 Å². The molecule has 2 saturated carbocycles. The van der Waals surface area contributed by atoms with Crippen molar-refractivity contribution in [2.75, 3.05) is 33.2 Å². The summed E-state index contributed by atoms with van der Waals surface area (Å²) in [6, 6.07) is 0. The zero-order valence-corrected chi connectivity index (χ0v) is 17.8. The maximum atomic E-state index is 12.7. The highest BCUT2D eigenvalue weighted by atomic mass is 16.3. The topological polar surface area (TPSA) is 43.8 Å². The molecule has 4 heteroatoms. The summed E-state index contributed by atoms with van der Waals surface area (Å²) in [6.07, 6.45) is 14.8. The van der Waals surface area contributed by atoms with Gasteiger partial charge in [-0.25, -0.2) is 0 Å². The predicted octanol–water partition coefficient (Wildman–Crippen LogP) is 4.21. The number of amides is 1. The van der Waals surface area contributed by atoms with Crippen LogP contribution in [0.4, 0.5) is 0 Å². The molecule has 0 aromatic rings. The van der Waals surface area contributed by atoms with Crippen LogP contribution in [-0.2, 0) is 4.79 Å². The molecular weight excluding hydrogens is 336 g/mol. The molecule has 156 valence electrons. The third-order valence-corrected chi connectivity index (χ3v) is 7.78. The molecule has 1 saturated heterocycles.